The van der Waals surface area contributed by atoms with Crippen molar-refractivity contribution in [2.75, 3.05) is 0 Å². The lowest BCUT2D eigenvalue weighted by Crippen LogP contribution is -2.13. The number of aryl methyl sites for hydroxylation is 2. The molecule has 0 aliphatic rings. The number of nitrogens with zero attached hydrogens (tertiary/aromatic N) is 1. The second-order valence-corrected chi connectivity index (χ2v) is 4.45. The predicted molar refractivity (Wildman–Crippen MR) is 67.9 cm³/mol. The van der Waals surface area contributed by atoms with Crippen LogP contribution < -0.4 is 5.32 Å². The summed E-state index contributed by atoms with van der Waals surface area (Å²) in [4.78, 5) is 0. The van der Waals surface area contributed by atoms with Crippen LogP contribution in [-0.4, -0.2) is 5.16 Å². The highest BCUT2D eigenvalue weighted by Crippen LogP contribution is 2.19. The van der Waals surface area contributed by atoms with Crippen LogP contribution in [0.15, 0.2) is 28.8 Å². The summed E-state index contributed by atoms with van der Waals surface area (Å²) < 4.78 is 30.2. The predicted octanol–water partition coefficient (Wildman–Crippen LogP) is 3.52. The number of nitrogens with one attached hydrogen (secondary N) is 1. The molecule has 2 aromatic rings. The van der Waals surface area contributed by atoms with Gasteiger partial charge in [0.1, 0.15) is 5.76 Å². The fourth-order valence-electron chi connectivity index (χ4n) is 1.92. The molecule has 0 bridgehead atoms. The van der Waals surface area contributed by atoms with Gasteiger partial charge in [0.05, 0.1) is 5.69 Å². The Balaban J connectivity index is 1.94. The molecule has 0 atom stereocenters. The highest BCUT2D eigenvalue weighted by Gasteiger charge is 2.09. The molecule has 0 saturated heterocycles. The van der Waals surface area contributed by atoms with Crippen LogP contribution in [0, 0.1) is 13.8 Å². The average Bonchev–Trinajstić information content (AvgIpc) is 2.71. The molecule has 0 aliphatic carbocycles. The van der Waals surface area contributed by atoms with Crippen LogP contribution >= 0.6 is 0 Å². The lowest BCUT2D eigenvalue weighted by Gasteiger charge is -2.06. The fourth-order valence-corrected chi connectivity index (χ4v) is 1.92. The van der Waals surface area contributed by atoms with Crippen molar-refractivity contribution in [2.45, 2.75) is 33.4 Å². The van der Waals surface area contributed by atoms with Crippen LogP contribution in [0.1, 0.15) is 34.6 Å². The van der Waals surface area contributed by atoms with E-state index in [1.54, 1.807) is 6.07 Å². The van der Waals surface area contributed by atoms with Gasteiger partial charge in [-0.3, -0.25) is 0 Å². The normalized spacial score (nSPS) is 11.2. The summed E-state index contributed by atoms with van der Waals surface area (Å²) in [6.07, 6.45) is -2.43. The van der Waals surface area contributed by atoms with Crippen LogP contribution in [0.3, 0.4) is 0 Å². The summed E-state index contributed by atoms with van der Waals surface area (Å²) in [7, 11) is 0. The summed E-state index contributed by atoms with van der Waals surface area (Å²) in [6.45, 7) is 4.88. The molecule has 1 aromatic carbocycles. The van der Waals surface area contributed by atoms with Gasteiger partial charge in [-0.2, -0.15) is 0 Å². The molecular weight excluding hydrogens is 250 g/mol. The molecule has 19 heavy (non-hydrogen) atoms. The van der Waals surface area contributed by atoms with Gasteiger partial charge in [-0.05, 0) is 25.5 Å². The highest BCUT2D eigenvalue weighted by atomic mass is 19.3. The van der Waals surface area contributed by atoms with Crippen LogP contribution in [0.2, 0.25) is 0 Å². The number of benzene rings is 1. The van der Waals surface area contributed by atoms with Crippen molar-refractivity contribution in [1.82, 2.24) is 10.5 Å². The topological polar surface area (TPSA) is 38.1 Å². The highest BCUT2D eigenvalue weighted by molar-refractivity contribution is 5.25. The van der Waals surface area contributed by atoms with E-state index in [-0.39, 0.29) is 5.56 Å². The Hall–Kier alpha value is -1.75. The van der Waals surface area contributed by atoms with Crippen molar-refractivity contribution < 1.29 is 13.3 Å². The number of aromatic nitrogens is 1. The van der Waals surface area contributed by atoms with Gasteiger partial charge in [0.15, 0.2) is 0 Å². The van der Waals surface area contributed by atoms with E-state index in [9.17, 15) is 8.78 Å². The molecule has 2 rings (SSSR count). The summed E-state index contributed by atoms with van der Waals surface area (Å²) >= 11 is 0. The maximum absolute atomic E-state index is 12.6. The second kappa shape index (κ2) is 5.93. The average molecular weight is 266 g/mol. The first kappa shape index (κ1) is 13.7. The van der Waals surface area contributed by atoms with Gasteiger partial charge in [0.25, 0.3) is 6.43 Å². The SMILES string of the molecule is Cc1noc(C)c1CNCc1cccc(C(F)F)c1. The van der Waals surface area contributed by atoms with Crippen molar-refractivity contribution in [1.29, 1.82) is 0 Å². The molecule has 1 N–H and O–H groups in total. The van der Waals surface area contributed by atoms with Crippen molar-refractivity contribution in [3.8, 4) is 0 Å². The zero-order chi connectivity index (χ0) is 13.8. The van der Waals surface area contributed by atoms with Gasteiger partial charge in [-0.1, -0.05) is 23.4 Å². The molecule has 0 saturated carbocycles. The minimum atomic E-state index is -2.43. The number of alkyl halides is 2. The van der Waals surface area contributed by atoms with Gasteiger partial charge in [-0.25, -0.2) is 8.78 Å². The first-order valence-electron chi connectivity index (χ1n) is 6.07. The van der Waals surface area contributed by atoms with E-state index in [0.717, 1.165) is 22.6 Å². The van der Waals surface area contributed by atoms with Crippen LogP contribution in [0.4, 0.5) is 8.78 Å². The number of hydrogen-bond donors (Lipinski definition) is 1. The standard InChI is InChI=1S/C14H16F2N2O/c1-9-13(10(2)19-18-9)8-17-7-11-4-3-5-12(6-11)14(15)16/h3-6,14,17H,7-8H2,1-2H3. The van der Waals surface area contributed by atoms with E-state index in [1.807, 2.05) is 19.9 Å². The minimum absolute atomic E-state index is 0.0524. The Labute approximate surface area is 110 Å². The Kier molecular flexibility index (Phi) is 4.27. The third-order valence-electron chi connectivity index (χ3n) is 3.02. The van der Waals surface area contributed by atoms with Crippen molar-refractivity contribution in [2.24, 2.45) is 0 Å². The molecule has 102 valence electrons. The van der Waals surface area contributed by atoms with E-state index in [0.29, 0.717) is 13.1 Å². The van der Waals surface area contributed by atoms with E-state index in [2.05, 4.69) is 10.5 Å². The lowest BCUT2D eigenvalue weighted by molar-refractivity contribution is 0.151. The minimum Gasteiger partial charge on any atom is -0.361 e. The van der Waals surface area contributed by atoms with Crippen molar-refractivity contribution in [3.05, 3.63) is 52.4 Å². The first-order chi connectivity index (χ1) is 9.08. The van der Waals surface area contributed by atoms with Gasteiger partial charge in [-0.15, -0.1) is 0 Å². The molecule has 0 aliphatic heterocycles. The van der Waals surface area contributed by atoms with E-state index in [4.69, 9.17) is 4.52 Å². The monoisotopic (exact) mass is 266 g/mol. The number of halogens is 2. The largest absolute Gasteiger partial charge is 0.361 e. The zero-order valence-corrected chi connectivity index (χ0v) is 10.9. The first-order valence-corrected chi connectivity index (χ1v) is 6.07. The lowest BCUT2D eigenvalue weighted by atomic mass is 10.1. The summed E-state index contributed by atoms with van der Waals surface area (Å²) in [5.41, 5.74) is 2.76. The molecular formula is C14H16F2N2O. The van der Waals surface area contributed by atoms with E-state index in [1.165, 1.54) is 12.1 Å². The second-order valence-electron chi connectivity index (χ2n) is 4.45. The van der Waals surface area contributed by atoms with Crippen molar-refractivity contribution in [3.63, 3.8) is 0 Å². The van der Waals surface area contributed by atoms with Gasteiger partial charge in [0, 0.05) is 24.2 Å². The molecule has 3 nitrogen and oxygen atoms in total. The van der Waals surface area contributed by atoms with Gasteiger partial charge < -0.3 is 9.84 Å². The van der Waals surface area contributed by atoms with Crippen LogP contribution in [-0.2, 0) is 13.1 Å². The summed E-state index contributed by atoms with van der Waals surface area (Å²) in [6, 6.07) is 6.42. The smallest absolute Gasteiger partial charge is 0.263 e. The Morgan fingerprint density at radius 1 is 1.26 bits per heavy atom. The Bertz CT molecular complexity index is 533. The van der Waals surface area contributed by atoms with E-state index >= 15 is 0 Å². The number of rotatable bonds is 5. The van der Waals surface area contributed by atoms with Gasteiger partial charge >= 0.3 is 0 Å². The van der Waals surface area contributed by atoms with E-state index < -0.39 is 6.43 Å². The third-order valence-corrected chi connectivity index (χ3v) is 3.02. The molecule has 1 aromatic heterocycles. The maximum atomic E-state index is 12.6. The van der Waals surface area contributed by atoms with Crippen LogP contribution in [0.5, 0.6) is 0 Å². The molecule has 5 heteroatoms. The van der Waals surface area contributed by atoms with Gasteiger partial charge in [0.2, 0.25) is 0 Å². The molecule has 0 fully saturated rings. The Morgan fingerprint density at radius 3 is 2.68 bits per heavy atom. The fraction of sp³-hybridized carbons (Fsp3) is 0.357. The third kappa shape index (κ3) is 3.38. The molecule has 0 spiro atoms. The Morgan fingerprint density at radius 2 is 2.05 bits per heavy atom. The molecule has 1 heterocycles. The van der Waals surface area contributed by atoms with Crippen LogP contribution in [0.25, 0.3) is 0 Å². The maximum Gasteiger partial charge on any atom is 0.263 e. The summed E-state index contributed by atoms with van der Waals surface area (Å²) in [5.74, 6) is 0.784. The molecule has 0 radical (unpaired) electrons. The molecule has 0 amide bonds. The molecule has 0 unspecified atom stereocenters. The number of hydrogen-bond acceptors (Lipinski definition) is 3. The summed E-state index contributed by atoms with van der Waals surface area (Å²) in [5, 5.41) is 7.07. The quantitative estimate of drug-likeness (QED) is 0.899. The zero-order valence-electron chi connectivity index (χ0n) is 10.9. The van der Waals surface area contributed by atoms with Crippen molar-refractivity contribution >= 4 is 0 Å².